The molecular weight excluding hydrogens is 306 g/mol. The monoisotopic (exact) mass is 333 g/mol. The average molecular weight is 333 g/mol. The zero-order chi connectivity index (χ0) is 17.2. The average Bonchev–Trinajstić information content (AvgIpc) is 2.60. The van der Waals surface area contributed by atoms with E-state index in [9.17, 15) is 9.59 Å². The van der Waals surface area contributed by atoms with E-state index in [2.05, 4.69) is 10.6 Å². The quantitative estimate of drug-likeness (QED) is 0.718. The number of rotatable bonds is 8. The fourth-order valence-corrected chi connectivity index (χ4v) is 2.73. The van der Waals surface area contributed by atoms with E-state index >= 15 is 0 Å². The van der Waals surface area contributed by atoms with E-state index in [1.165, 1.54) is 0 Å². The molecule has 1 saturated heterocycles. The summed E-state index contributed by atoms with van der Waals surface area (Å²) >= 11 is 0. The summed E-state index contributed by atoms with van der Waals surface area (Å²) in [7, 11) is 1.67. The van der Waals surface area contributed by atoms with E-state index in [0.29, 0.717) is 26.1 Å². The van der Waals surface area contributed by atoms with Crippen LogP contribution in [0.5, 0.6) is 0 Å². The summed E-state index contributed by atoms with van der Waals surface area (Å²) in [6.07, 6.45) is 4.46. The van der Waals surface area contributed by atoms with Crippen molar-refractivity contribution in [1.29, 1.82) is 0 Å². The van der Waals surface area contributed by atoms with Crippen LogP contribution in [0.25, 0.3) is 0 Å². The molecule has 0 atom stereocenters. The number of nitrogens with zero attached hydrogens (tertiary/aromatic N) is 1. The number of unbranched alkanes of at least 4 members (excludes halogenated alkanes) is 1. The second-order valence-corrected chi connectivity index (χ2v) is 5.98. The van der Waals surface area contributed by atoms with E-state index in [0.717, 1.165) is 43.5 Å². The highest BCUT2D eigenvalue weighted by Crippen LogP contribution is 2.21. The zero-order valence-electron chi connectivity index (χ0n) is 14.3. The van der Waals surface area contributed by atoms with Gasteiger partial charge in [-0.3, -0.25) is 4.79 Å². The molecule has 1 aromatic rings. The molecule has 6 heteroatoms. The maximum absolute atomic E-state index is 12.0. The van der Waals surface area contributed by atoms with Crippen molar-refractivity contribution in [3.63, 3.8) is 0 Å². The number of carbonyl (C=O) groups excluding carboxylic acids is 2. The van der Waals surface area contributed by atoms with Crippen LogP contribution in [0.1, 0.15) is 37.7 Å². The van der Waals surface area contributed by atoms with E-state index in [1.54, 1.807) is 7.11 Å². The van der Waals surface area contributed by atoms with Crippen LogP contribution in [0.15, 0.2) is 24.3 Å². The van der Waals surface area contributed by atoms with Crippen LogP contribution in [0.2, 0.25) is 0 Å². The first-order valence-electron chi connectivity index (χ1n) is 8.60. The first-order chi connectivity index (χ1) is 11.7. The summed E-state index contributed by atoms with van der Waals surface area (Å²) in [6, 6.07) is 7.63. The largest absolute Gasteiger partial charge is 0.385 e. The van der Waals surface area contributed by atoms with Gasteiger partial charge in [0.1, 0.15) is 0 Å². The fourth-order valence-electron chi connectivity index (χ4n) is 2.73. The van der Waals surface area contributed by atoms with Gasteiger partial charge in [0.05, 0.1) is 0 Å². The van der Waals surface area contributed by atoms with Crippen molar-refractivity contribution in [2.45, 2.75) is 38.6 Å². The summed E-state index contributed by atoms with van der Waals surface area (Å²) in [5.41, 5.74) is 1.90. The van der Waals surface area contributed by atoms with Crippen molar-refractivity contribution in [3.8, 4) is 0 Å². The minimum absolute atomic E-state index is 0.174. The Balaban J connectivity index is 1.77. The van der Waals surface area contributed by atoms with Gasteiger partial charge in [0.25, 0.3) is 0 Å². The van der Waals surface area contributed by atoms with Gasteiger partial charge < -0.3 is 20.3 Å². The summed E-state index contributed by atoms with van der Waals surface area (Å²) in [5.74, 6) is 0.181. The number of benzene rings is 1. The first kappa shape index (κ1) is 18.3. The van der Waals surface area contributed by atoms with Crippen LogP contribution in [-0.4, -0.2) is 38.7 Å². The Morgan fingerprint density at radius 3 is 2.92 bits per heavy atom. The summed E-state index contributed by atoms with van der Waals surface area (Å²) in [6.45, 7) is 2.57. The summed E-state index contributed by atoms with van der Waals surface area (Å²) < 4.78 is 4.97. The molecule has 0 aliphatic carbocycles. The van der Waals surface area contributed by atoms with Gasteiger partial charge in [0, 0.05) is 45.5 Å². The van der Waals surface area contributed by atoms with Crippen molar-refractivity contribution in [3.05, 3.63) is 29.8 Å². The summed E-state index contributed by atoms with van der Waals surface area (Å²) in [5, 5.41) is 5.67. The van der Waals surface area contributed by atoms with Crippen molar-refractivity contribution in [1.82, 2.24) is 10.6 Å². The van der Waals surface area contributed by atoms with Gasteiger partial charge in [-0.25, -0.2) is 4.79 Å². The molecule has 0 aromatic heterocycles. The Kier molecular flexibility index (Phi) is 7.55. The fraction of sp³-hybridized carbons (Fsp3) is 0.556. The van der Waals surface area contributed by atoms with Crippen LogP contribution in [0.3, 0.4) is 0 Å². The van der Waals surface area contributed by atoms with Gasteiger partial charge in [-0.1, -0.05) is 12.1 Å². The lowest BCUT2D eigenvalue weighted by atomic mass is 10.1. The number of urea groups is 1. The van der Waals surface area contributed by atoms with Crippen molar-refractivity contribution >= 4 is 17.6 Å². The lowest BCUT2D eigenvalue weighted by Gasteiger charge is -2.27. The van der Waals surface area contributed by atoms with Crippen LogP contribution in [-0.2, 0) is 16.1 Å². The molecule has 1 fully saturated rings. The van der Waals surface area contributed by atoms with Crippen molar-refractivity contribution < 1.29 is 14.3 Å². The number of hydrogen-bond donors (Lipinski definition) is 2. The topological polar surface area (TPSA) is 70.7 Å². The van der Waals surface area contributed by atoms with Gasteiger partial charge in [0.2, 0.25) is 5.91 Å². The Hall–Kier alpha value is -2.08. The van der Waals surface area contributed by atoms with Crippen molar-refractivity contribution in [2.75, 3.05) is 31.7 Å². The SMILES string of the molecule is COCCCCNC(=O)NCc1cccc(N2CCCCC2=O)c1. The number of amides is 3. The molecule has 3 amide bonds. The third kappa shape index (κ3) is 5.85. The molecule has 0 radical (unpaired) electrons. The molecule has 0 saturated carbocycles. The number of anilines is 1. The third-order valence-electron chi connectivity index (χ3n) is 4.06. The van der Waals surface area contributed by atoms with E-state index in [4.69, 9.17) is 4.74 Å². The van der Waals surface area contributed by atoms with Crippen LogP contribution < -0.4 is 15.5 Å². The normalized spacial score (nSPS) is 14.5. The second-order valence-electron chi connectivity index (χ2n) is 5.98. The predicted molar refractivity (Wildman–Crippen MR) is 94.0 cm³/mol. The van der Waals surface area contributed by atoms with Crippen molar-refractivity contribution in [2.24, 2.45) is 0 Å². The molecule has 1 aromatic carbocycles. The molecule has 132 valence electrons. The molecule has 1 aliphatic rings. The lowest BCUT2D eigenvalue weighted by molar-refractivity contribution is -0.119. The van der Waals surface area contributed by atoms with Gasteiger partial charge in [-0.2, -0.15) is 0 Å². The maximum Gasteiger partial charge on any atom is 0.315 e. The number of ether oxygens (including phenoxy) is 1. The highest BCUT2D eigenvalue weighted by Gasteiger charge is 2.19. The van der Waals surface area contributed by atoms with Gasteiger partial charge in [-0.05, 0) is 43.4 Å². The Morgan fingerprint density at radius 1 is 1.25 bits per heavy atom. The molecule has 1 heterocycles. The van der Waals surface area contributed by atoms with E-state index in [-0.39, 0.29) is 11.9 Å². The Bertz CT molecular complexity index is 548. The van der Waals surface area contributed by atoms with Crippen LogP contribution in [0, 0.1) is 0 Å². The number of methoxy groups -OCH3 is 1. The van der Waals surface area contributed by atoms with Gasteiger partial charge >= 0.3 is 6.03 Å². The Morgan fingerprint density at radius 2 is 2.12 bits per heavy atom. The maximum atomic E-state index is 12.0. The van der Waals surface area contributed by atoms with E-state index < -0.39 is 0 Å². The van der Waals surface area contributed by atoms with Crippen LogP contribution >= 0.6 is 0 Å². The standard InChI is InChI=1S/C18H27N3O3/c1-24-12-5-3-10-19-18(23)20-14-15-7-6-8-16(13-15)21-11-4-2-9-17(21)22/h6-8,13H,2-5,9-12,14H2,1H3,(H2,19,20,23). The molecule has 0 bridgehead atoms. The molecular formula is C18H27N3O3. The highest BCUT2D eigenvalue weighted by molar-refractivity contribution is 5.94. The first-order valence-corrected chi connectivity index (χ1v) is 8.60. The number of piperidine rings is 1. The third-order valence-corrected chi connectivity index (χ3v) is 4.06. The number of nitrogens with one attached hydrogen (secondary N) is 2. The van der Waals surface area contributed by atoms with Crippen LogP contribution in [0.4, 0.5) is 10.5 Å². The molecule has 2 N–H and O–H groups in total. The molecule has 24 heavy (non-hydrogen) atoms. The lowest BCUT2D eigenvalue weighted by Crippen LogP contribution is -2.36. The van der Waals surface area contributed by atoms with Gasteiger partial charge in [-0.15, -0.1) is 0 Å². The predicted octanol–water partition coefficient (Wildman–Crippen LogP) is 2.43. The Labute approximate surface area is 143 Å². The second kappa shape index (κ2) is 9.93. The minimum Gasteiger partial charge on any atom is -0.385 e. The molecule has 6 nitrogen and oxygen atoms in total. The zero-order valence-corrected chi connectivity index (χ0v) is 14.3. The molecule has 0 unspecified atom stereocenters. The minimum atomic E-state index is -0.174. The van der Waals surface area contributed by atoms with E-state index in [1.807, 2.05) is 29.2 Å². The molecule has 0 spiro atoms. The summed E-state index contributed by atoms with van der Waals surface area (Å²) in [4.78, 5) is 25.6. The molecule has 1 aliphatic heterocycles. The number of hydrogen-bond acceptors (Lipinski definition) is 3. The number of carbonyl (C=O) groups is 2. The highest BCUT2D eigenvalue weighted by atomic mass is 16.5. The smallest absolute Gasteiger partial charge is 0.315 e. The molecule has 2 rings (SSSR count). The van der Waals surface area contributed by atoms with Gasteiger partial charge in [0.15, 0.2) is 0 Å².